The van der Waals surface area contributed by atoms with Crippen molar-refractivity contribution in [1.29, 1.82) is 5.26 Å². The smallest absolute Gasteiger partial charge is 0.337 e. The number of likely N-dealkylation sites (tertiary alicyclic amines) is 1. The molecule has 0 unspecified atom stereocenters. The summed E-state index contributed by atoms with van der Waals surface area (Å²) in [6.45, 7) is 1.50. The van der Waals surface area contributed by atoms with Crippen LogP contribution in [-0.4, -0.2) is 76.0 Å². The van der Waals surface area contributed by atoms with Crippen molar-refractivity contribution in [2.75, 3.05) is 24.3 Å². The lowest BCUT2D eigenvalue weighted by Crippen LogP contribution is -2.34. The molecule has 1 atom stereocenters. The van der Waals surface area contributed by atoms with Gasteiger partial charge < -0.3 is 20.3 Å². The summed E-state index contributed by atoms with van der Waals surface area (Å²) < 4.78 is 8.17. The van der Waals surface area contributed by atoms with Gasteiger partial charge in [-0.25, -0.2) is 24.7 Å². The number of nitrogens with zero attached hydrogens (tertiary/aromatic N) is 10. The molecule has 9 rings (SSSR count). The van der Waals surface area contributed by atoms with E-state index in [-0.39, 0.29) is 11.9 Å². The molecule has 0 saturated carbocycles. The Bertz CT molecular complexity index is 3110. The van der Waals surface area contributed by atoms with Crippen LogP contribution in [0.1, 0.15) is 44.7 Å². The van der Waals surface area contributed by atoms with Gasteiger partial charge in [0.15, 0.2) is 23.3 Å². The summed E-state index contributed by atoms with van der Waals surface area (Å²) in [7, 11) is 5.01. The van der Waals surface area contributed by atoms with Gasteiger partial charge in [0.1, 0.15) is 28.1 Å². The highest BCUT2D eigenvalue weighted by Crippen LogP contribution is 2.30. The number of aromatic nitrogens is 8. The molecule has 0 spiro atoms. The van der Waals surface area contributed by atoms with Crippen molar-refractivity contribution in [3.63, 3.8) is 0 Å². The fraction of sp³-hybridized carbons (Fsp3) is 0.196. The van der Waals surface area contributed by atoms with Crippen LogP contribution < -0.4 is 10.6 Å². The maximum absolute atomic E-state index is 12.9. The Morgan fingerprint density at radius 2 is 1.18 bits per heavy atom. The lowest BCUT2D eigenvalue weighted by atomic mass is 10.1. The van der Waals surface area contributed by atoms with E-state index >= 15 is 0 Å². The van der Waals surface area contributed by atoms with Gasteiger partial charge >= 0.3 is 5.97 Å². The van der Waals surface area contributed by atoms with Crippen molar-refractivity contribution in [3.8, 4) is 28.8 Å². The highest BCUT2D eigenvalue weighted by atomic mass is 35.5. The van der Waals surface area contributed by atoms with E-state index in [0.717, 1.165) is 46.1 Å². The van der Waals surface area contributed by atoms with Gasteiger partial charge in [-0.15, -0.1) is 0 Å². The van der Waals surface area contributed by atoms with Crippen molar-refractivity contribution >= 4 is 92.0 Å². The third kappa shape index (κ3) is 9.81. The van der Waals surface area contributed by atoms with E-state index in [4.69, 9.17) is 61.1 Å². The Balaban J connectivity index is 0.000000179. The number of nitrogens with one attached hydrogen (secondary N) is 2. The van der Waals surface area contributed by atoms with E-state index in [0.29, 0.717) is 85.2 Å². The molecular weight excluding hydrogens is 910 g/mol. The van der Waals surface area contributed by atoms with Gasteiger partial charge in [-0.05, 0) is 72.5 Å². The van der Waals surface area contributed by atoms with Crippen LogP contribution >= 0.6 is 46.4 Å². The summed E-state index contributed by atoms with van der Waals surface area (Å²) in [6, 6.07) is 26.6. The molecule has 328 valence electrons. The van der Waals surface area contributed by atoms with Gasteiger partial charge in [-0.1, -0.05) is 82.8 Å². The van der Waals surface area contributed by atoms with E-state index < -0.39 is 5.97 Å². The summed E-state index contributed by atoms with van der Waals surface area (Å²) in [4.78, 5) is 44.9. The molecular formula is C46H38Cl4N12O3. The third-order valence-corrected chi connectivity index (χ3v) is 11.9. The van der Waals surface area contributed by atoms with Crippen LogP contribution in [0.2, 0.25) is 20.1 Å². The number of hydrogen-bond donors (Lipinski definition) is 2. The average molecular weight is 949 g/mol. The zero-order valence-corrected chi connectivity index (χ0v) is 38.1. The van der Waals surface area contributed by atoms with Crippen molar-refractivity contribution in [1.82, 2.24) is 44.4 Å². The quantitative estimate of drug-likeness (QED) is 0.124. The van der Waals surface area contributed by atoms with Crippen LogP contribution in [0.25, 0.3) is 44.8 Å². The van der Waals surface area contributed by atoms with Gasteiger partial charge in [0.2, 0.25) is 0 Å². The predicted octanol–water partition coefficient (Wildman–Crippen LogP) is 9.81. The molecule has 4 aromatic heterocycles. The first kappa shape index (κ1) is 44.8. The Morgan fingerprint density at radius 3 is 1.63 bits per heavy atom. The van der Waals surface area contributed by atoms with Crippen LogP contribution in [0, 0.1) is 11.3 Å². The number of carbonyl (C=O) groups is 2. The summed E-state index contributed by atoms with van der Waals surface area (Å²) in [6.07, 6.45) is 4.94. The first-order valence-corrected chi connectivity index (χ1v) is 21.7. The molecule has 0 aliphatic carbocycles. The van der Waals surface area contributed by atoms with E-state index in [1.807, 2.05) is 38.4 Å². The lowest BCUT2D eigenvalue weighted by molar-refractivity contribution is 0.0600. The van der Waals surface area contributed by atoms with Crippen LogP contribution in [0.5, 0.6) is 0 Å². The Morgan fingerprint density at radius 1 is 0.708 bits per heavy atom. The summed E-state index contributed by atoms with van der Waals surface area (Å²) in [5.74, 6) is 1.73. The van der Waals surface area contributed by atoms with Crippen molar-refractivity contribution in [2.45, 2.75) is 32.0 Å². The number of rotatable bonds is 10. The minimum atomic E-state index is -0.396. The first-order chi connectivity index (χ1) is 31.4. The molecule has 1 fully saturated rings. The molecule has 2 N–H and O–H groups in total. The zero-order chi connectivity index (χ0) is 45.8. The van der Waals surface area contributed by atoms with Gasteiger partial charge in [0.25, 0.3) is 5.91 Å². The Kier molecular flexibility index (Phi) is 13.4. The molecule has 19 heteroatoms. The van der Waals surface area contributed by atoms with Gasteiger partial charge in [0.05, 0.1) is 31.1 Å². The minimum absolute atomic E-state index is 0.133. The standard InChI is InChI=1S/C25H21Cl2N7O.C21H17Cl2N5O2/c1-33-22-21(14-30-33)31-23(32-24(22)29-13-17-8-9-18(26)11-20(17)27)15-4-6-16(7-5-15)25(35)34-10-2-3-19(34)12-28;1-28-18-17(11-25-28)26-19(12-3-5-13(6-4-12)21(29)30-2)27-20(18)24-10-14-7-8-15(22)9-16(14)23/h4-9,11,14,19H,2-3,10,13H2,1H3,(H,29,31,32);3-9,11H,10H2,1-2H3,(H,24,26,27)/t19-;/m0./s1. The highest BCUT2D eigenvalue weighted by Gasteiger charge is 2.29. The number of aryl methyl sites for hydroxylation is 2. The number of ether oxygens (including phenoxy) is 1. The molecule has 15 nitrogen and oxygen atoms in total. The van der Waals surface area contributed by atoms with Crippen LogP contribution in [0.15, 0.2) is 97.3 Å². The molecule has 8 aromatic rings. The molecule has 1 aliphatic rings. The molecule has 0 bridgehead atoms. The number of carbonyl (C=O) groups excluding carboxylic acids is 2. The zero-order valence-electron chi connectivity index (χ0n) is 35.1. The SMILES string of the molecule is COC(=O)c1ccc(-c2nc(NCc3ccc(Cl)cc3Cl)c3c(cnn3C)n2)cc1.Cn1ncc2nc(-c3ccc(C(=O)N4CCC[C@H]4C#N)cc3)nc(NCc3ccc(Cl)cc3Cl)c21. The molecule has 0 radical (unpaired) electrons. The fourth-order valence-electron chi connectivity index (χ4n) is 7.30. The van der Waals surface area contributed by atoms with E-state index in [2.05, 4.69) is 36.9 Å². The topological polar surface area (TPSA) is 182 Å². The Hall–Kier alpha value is -6.83. The number of esters is 1. The van der Waals surface area contributed by atoms with Gasteiger partial charge in [0, 0.05) is 70.5 Å². The number of halogens is 4. The lowest BCUT2D eigenvalue weighted by Gasteiger charge is -2.19. The van der Waals surface area contributed by atoms with Crippen molar-refractivity contribution < 1.29 is 14.3 Å². The number of hydrogen-bond acceptors (Lipinski definition) is 12. The van der Waals surface area contributed by atoms with E-state index in [9.17, 15) is 14.9 Å². The van der Waals surface area contributed by atoms with Crippen LogP contribution in [0.4, 0.5) is 11.6 Å². The van der Waals surface area contributed by atoms with Crippen LogP contribution in [0.3, 0.4) is 0 Å². The van der Waals surface area contributed by atoms with E-state index in [1.165, 1.54) is 7.11 Å². The van der Waals surface area contributed by atoms with Crippen molar-refractivity contribution in [2.24, 2.45) is 14.1 Å². The van der Waals surface area contributed by atoms with Crippen LogP contribution in [-0.2, 0) is 31.9 Å². The average Bonchev–Trinajstić information content (AvgIpc) is 4.06. The largest absolute Gasteiger partial charge is 0.465 e. The molecule has 1 saturated heterocycles. The number of fused-ring (bicyclic) bond motifs is 2. The minimum Gasteiger partial charge on any atom is -0.465 e. The molecule has 5 heterocycles. The third-order valence-electron chi connectivity index (χ3n) is 10.7. The predicted molar refractivity (Wildman–Crippen MR) is 252 cm³/mol. The van der Waals surface area contributed by atoms with Crippen molar-refractivity contribution in [3.05, 3.63) is 140 Å². The highest BCUT2D eigenvalue weighted by molar-refractivity contribution is 6.35. The van der Waals surface area contributed by atoms with E-state index in [1.54, 1.807) is 87.3 Å². The summed E-state index contributed by atoms with van der Waals surface area (Å²) in [5.41, 5.74) is 7.22. The summed E-state index contributed by atoms with van der Waals surface area (Å²) in [5, 5.41) is 26.9. The number of anilines is 2. The summed E-state index contributed by atoms with van der Waals surface area (Å²) >= 11 is 24.6. The molecule has 65 heavy (non-hydrogen) atoms. The molecule has 4 aromatic carbocycles. The normalized spacial score (nSPS) is 13.3. The monoisotopic (exact) mass is 946 g/mol. The number of amides is 1. The molecule has 1 aliphatic heterocycles. The number of methoxy groups -OCH3 is 1. The second-order valence-electron chi connectivity index (χ2n) is 14.9. The second kappa shape index (κ2) is 19.5. The first-order valence-electron chi connectivity index (χ1n) is 20.2. The maximum atomic E-state index is 12.9. The second-order valence-corrected chi connectivity index (χ2v) is 16.6. The fourth-order valence-corrected chi connectivity index (χ4v) is 8.25. The number of nitriles is 1. The maximum Gasteiger partial charge on any atom is 0.337 e. The van der Waals surface area contributed by atoms with Gasteiger partial charge in [-0.3, -0.25) is 14.2 Å². The van der Waals surface area contributed by atoms with Gasteiger partial charge in [-0.2, -0.15) is 15.5 Å². The molecule has 1 amide bonds. The number of benzene rings is 4. The Labute approximate surface area is 392 Å².